The summed E-state index contributed by atoms with van der Waals surface area (Å²) in [4.78, 5) is 12.4. The van der Waals surface area contributed by atoms with Gasteiger partial charge in [-0.2, -0.15) is 0 Å². The number of hydrogen-bond donors (Lipinski definition) is 1. The van der Waals surface area contributed by atoms with E-state index in [1.807, 2.05) is 61.5 Å². The van der Waals surface area contributed by atoms with Crippen molar-refractivity contribution in [3.05, 3.63) is 96.1 Å². The molecule has 3 rings (SSSR count). The van der Waals surface area contributed by atoms with E-state index in [1.54, 1.807) is 6.07 Å². The number of nitrogens with one attached hydrogen (secondary N) is 1. The summed E-state index contributed by atoms with van der Waals surface area (Å²) in [5.41, 5.74) is 2.33. The van der Waals surface area contributed by atoms with Gasteiger partial charge in [0.25, 0.3) is 5.91 Å². The van der Waals surface area contributed by atoms with E-state index in [0.717, 1.165) is 11.1 Å². The van der Waals surface area contributed by atoms with E-state index in [4.69, 9.17) is 9.47 Å². The lowest BCUT2D eigenvalue weighted by molar-refractivity contribution is -0.123. The molecule has 4 nitrogen and oxygen atoms in total. The van der Waals surface area contributed by atoms with Crippen LogP contribution in [-0.2, 0) is 4.79 Å². The molecule has 0 aliphatic carbocycles. The second-order valence-electron chi connectivity index (χ2n) is 6.35. The molecule has 1 N–H and O–H groups in total. The highest BCUT2D eigenvalue weighted by Gasteiger charge is 2.15. The standard InChI is InChI=1S/C24H25NO3/c1-2-27-22-15-9-10-16-23(22)28-18-24(26)25-17-21(19-11-5-3-6-12-19)20-13-7-4-8-14-20/h3-16,21H,2,17-18H2,1H3,(H,25,26). The number of hydrogen-bond acceptors (Lipinski definition) is 3. The summed E-state index contributed by atoms with van der Waals surface area (Å²) in [6.45, 7) is 2.91. The third-order valence-electron chi connectivity index (χ3n) is 4.42. The molecular formula is C24H25NO3. The first-order valence-corrected chi connectivity index (χ1v) is 9.49. The van der Waals surface area contributed by atoms with Crippen molar-refractivity contribution in [1.29, 1.82) is 0 Å². The van der Waals surface area contributed by atoms with Gasteiger partial charge in [-0.25, -0.2) is 0 Å². The van der Waals surface area contributed by atoms with Crippen LogP contribution in [0.1, 0.15) is 24.0 Å². The molecule has 0 unspecified atom stereocenters. The van der Waals surface area contributed by atoms with Crippen molar-refractivity contribution in [3.63, 3.8) is 0 Å². The molecule has 28 heavy (non-hydrogen) atoms. The van der Waals surface area contributed by atoms with Gasteiger partial charge < -0.3 is 14.8 Å². The van der Waals surface area contributed by atoms with Crippen LogP contribution in [0.2, 0.25) is 0 Å². The van der Waals surface area contributed by atoms with Crippen molar-refractivity contribution < 1.29 is 14.3 Å². The molecule has 0 atom stereocenters. The van der Waals surface area contributed by atoms with Gasteiger partial charge in [0.05, 0.1) is 6.61 Å². The Morgan fingerprint density at radius 3 is 1.82 bits per heavy atom. The van der Waals surface area contributed by atoms with E-state index in [0.29, 0.717) is 24.7 Å². The fraction of sp³-hybridized carbons (Fsp3) is 0.208. The molecule has 0 saturated carbocycles. The minimum absolute atomic E-state index is 0.0552. The Kier molecular flexibility index (Phi) is 7.08. The molecule has 3 aromatic rings. The Bertz CT molecular complexity index is 826. The minimum atomic E-state index is -0.164. The van der Waals surface area contributed by atoms with E-state index in [9.17, 15) is 4.79 Å². The maximum absolute atomic E-state index is 12.4. The average molecular weight is 375 g/mol. The quantitative estimate of drug-likeness (QED) is 0.603. The summed E-state index contributed by atoms with van der Waals surface area (Å²) >= 11 is 0. The monoisotopic (exact) mass is 375 g/mol. The normalized spacial score (nSPS) is 10.5. The zero-order valence-electron chi connectivity index (χ0n) is 16.0. The van der Waals surface area contributed by atoms with Crippen molar-refractivity contribution in [2.24, 2.45) is 0 Å². The summed E-state index contributed by atoms with van der Waals surface area (Å²) in [7, 11) is 0. The van der Waals surface area contributed by atoms with Gasteiger partial charge in [0.15, 0.2) is 18.1 Å². The molecule has 0 bridgehead atoms. The molecule has 1 amide bonds. The first-order chi connectivity index (χ1) is 13.8. The Morgan fingerprint density at radius 1 is 0.786 bits per heavy atom. The lowest BCUT2D eigenvalue weighted by Gasteiger charge is -2.19. The SMILES string of the molecule is CCOc1ccccc1OCC(=O)NCC(c1ccccc1)c1ccccc1. The van der Waals surface area contributed by atoms with Crippen molar-refractivity contribution in [2.75, 3.05) is 19.8 Å². The van der Waals surface area contributed by atoms with Gasteiger partial charge in [-0.1, -0.05) is 72.8 Å². The molecule has 0 fully saturated rings. The molecule has 0 aliphatic rings. The highest BCUT2D eigenvalue weighted by Crippen LogP contribution is 2.26. The highest BCUT2D eigenvalue weighted by atomic mass is 16.5. The molecule has 0 saturated heterocycles. The van der Waals surface area contributed by atoms with E-state index in [2.05, 4.69) is 29.6 Å². The van der Waals surface area contributed by atoms with Crippen LogP contribution in [0.5, 0.6) is 11.5 Å². The van der Waals surface area contributed by atoms with Crippen molar-refractivity contribution in [2.45, 2.75) is 12.8 Å². The number of carbonyl (C=O) groups excluding carboxylic acids is 1. The summed E-state index contributed by atoms with van der Waals surface area (Å²) in [6, 6.07) is 27.7. The zero-order valence-corrected chi connectivity index (χ0v) is 16.0. The summed E-state index contributed by atoms with van der Waals surface area (Å²) in [5, 5.41) is 3.00. The molecule has 0 radical (unpaired) electrons. The number of benzene rings is 3. The van der Waals surface area contributed by atoms with Gasteiger partial charge >= 0.3 is 0 Å². The molecule has 3 aromatic carbocycles. The number of amides is 1. The third kappa shape index (κ3) is 5.36. The van der Waals surface area contributed by atoms with Crippen molar-refractivity contribution >= 4 is 5.91 Å². The van der Waals surface area contributed by atoms with Crippen LogP contribution < -0.4 is 14.8 Å². The Labute approximate surface area is 166 Å². The number of rotatable bonds is 9. The van der Waals surface area contributed by atoms with Gasteiger partial charge in [-0.15, -0.1) is 0 Å². The Balaban J connectivity index is 1.61. The Hall–Kier alpha value is -3.27. The third-order valence-corrected chi connectivity index (χ3v) is 4.42. The zero-order chi connectivity index (χ0) is 19.6. The lowest BCUT2D eigenvalue weighted by atomic mass is 9.91. The fourth-order valence-corrected chi connectivity index (χ4v) is 3.05. The number of ether oxygens (including phenoxy) is 2. The second kappa shape index (κ2) is 10.2. The minimum Gasteiger partial charge on any atom is -0.490 e. The topological polar surface area (TPSA) is 47.6 Å². The van der Waals surface area contributed by atoms with Crippen molar-refractivity contribution in [3.8, 4) is 11.5 Å². The summed E-state index contributed by atoms with van der Waals surface area (Å²) in [6.07, 6.45) is 0. The van der Waals surface area contributed by atoms with Crippen LogP contribution in [0.4, 0.5) is 0 Å². The van der Waals surface area contributed by atoms with Crippen molar-refractivity contribution in [1.82, 2.24) is 5.32 Å². The smallest absolute Gasteiger partial charge is 0.257 e. The van der Waals surface area contributed by atoms with Crippen LogP contribution in [0.25, 0.3) is 0 Å². The van der Waals surface area contributed by atoms with Gasteiger partial charge in [-0.3, -0.25) is 4.79 Å². The van der Waals surface area contributed by atoms with Gasteiger partial charge in [0.2, 0.25) is 0 Å². The van der Waals surface area contributed by atoms with Gasteiger partial charge in [0, 0.05) is 12.5 Å². The van der Waals surface area contributed by atoms with E-state index >= 15 is 0 Å². The molecule has 4 heteroatoms. The van der Waals surface area contributed by atoms with Gasteiger partial charge in [0.1, 0.15) is 0 Å². The summed E-state index contributed by atoms with van der Waals surface area (Å²) < 4.78 is 11.2. The maximum Gasteiger partial charge on any atom is 0.257 e. The average Bonchev–Trinajstić information content (AvgIpc) is 2.75. The van der Waals surface area contributed by atoms with Crippen LogP contribution in [0.3, 0.4) is 0 Å². The summed E-state index contributed by atoms with van der Waals surface area (Å²) in [5.74, 6) is 1.14. The fourth-order valence-electron chi connectivity index (χ4n) is 3.05. The molecule has 0 aromatic heterocycles. The predicted molar refractivity (Wildman–Crippen MR) is 111 cm³/mol. The van der Waals surface area contributed by atoms with Crippen LogP contribution in [-0.4, -0.2) is 25.7 Å². The number of carbonyl (C=O) groups is 1. The first kappa shape index (κ1) is 19.5. The second-order valence-corrected chi connectivity index (χ2v) is 6.35. The number of para-hydroxylation sites is 2. The van der Waals surface area contributed by atoms with Crippen LogP contribution in [0, 0.1) is 0 Å². The van der Waals surface area contributed by atoms with Crippen LogP contribution >= 0.6 is 0 Å². The molecular weight excluding hydrogens is 350 g/mol. The van der Waals surface area contributed by atoms with E-state index in [-0.39, 0.29) is 18.4 Å². The largest absolute Gasteiger partial charge is 0.490 e. The van der Waals surface area contributed by atoms with Crippen LogP contribution in [0.15, 0.2) is 84.9 Å². The van der Waals surface area contributed by atoms with E-state index < -0.39 is 0 Å². The predicted octanol–water partition coefficient (Wildman–Crippen LogP) is 4.41. The highest BCUT2D eigenvalue weighted by molar-refractivity contribution is 5.77. The molecule has 0 spiro atoms. The first-order valence-electron chi connectivity index (χ1n) is 9.49. The lowest BCUT2D eigenvalue weighted by Crippen LogP contribution is -2.32. The van der Waals surface area contributed by atoms with Gasteiger partial charge in [-0.05, 0) is 30.2 Å². The Morgan fingerprint density at radius 2 is 1.29 bits per heavy atom. The molecule has 0 heterocycles. The molecule has 0 aliphatic heterocycles. The maximum atomic E-state index is 12.4. The van der Waals surface area contributed by atoms with E-state index in [1.165, 1.54) is 0 Å². The molecule has 144 valence electrons.